The quantitative estimate of drug-likeness (QED) is 0.449. The molecule has 11 nitrogen and oxygen atoms in total. The molecule has 1 aliphatic carbocycles. The van der Waals surface area contributed by atoms with Crippen LogP contribution in [0, 0.1) is 0 Å². The Morgan fingerprint density at radius 2 is 1.76 bits per heavy atom. The molecule has 33 heavy (non-hydrogen) atoms. The molecular weight excluding hydrogens is 434 g/mol. The summed E-state index contributed by atoms with van der Waals surface area (Å²) in [5.74, 6) is -1.90. The van der Waals surface area contributed by atoms with Crippen LogP contribution < -0.4 is 16.0 Å². The predicted molar refractivity (Wildman–Crippen MR) is 114 cm³/mol. The number of amides is 2. The van der Waals surface area contributed by atoms with Crippen LogP contribution in [0.4, 0.5) is 4.79 Å². The van der Waals surface area contributed by atoms with Crippen molar-refractivity contribution in [3.63, 3.8) is 0 Å². The highest BCUT2D eigenvalue weighted by atomic mass is 16.8. The monoisotopic (exact) mass is 463 g/mol. The molecule has 1 aromatic carbocycles. The van der Waals surface area contributed by atoms with Crippen molar-refractivity contribution in [2.75, 3.05) is 27.3 Å². The van der Waals surface area contributed by atoms with Crippen LogP contribution in [0.15, 0.2) is 41.7 Å². The van der Waals surface area contributed by atoms with E-state index < -0.39 is 42.1 Å². The molecule has 0 saturated carbocycles. The Hall–Kier alpha value is -3.15. The molecule has 2 aliphatic rings. The van der Waals surface area contributed by atoms with Crippen molar-refractivity contribution in [2.45, 2.75) is 44.6 Å². The summed E-state index contributed by atoms with van der Waals surface area (Å²) in [4.78, 5) is 36.2. The number of alkyl carbamates (subject to hydrolysis) is 1. The number of rotatable bonds is 9. The van der Waals surface area contributed by atoms with E-state index >= 15 is 0 Å². The number of methoxy groups -OCH3 is 2. The lowest BCUT2D eigenvalue weighted by Crippen LogP contribution is -2.40. The molecule has 0 radical (unpaired) electrons. The van der Waals surface area contributed by atoms with Crippen LogP contribution in [0.5, 0.6) is 0 Å². The highest BCUT2D eigenvalue weighted by molar-refractivity contribution is 5.84. The number of hydrogen-bond donors (Lipinski definition) is 3. The van der Waals surface area contributed by atoms with Crippen molar-refractivity contribution in [3.8, 4) is 0 Å². The standard InChI is InChI=1S/C22H29N3O8/c1-22(2)32-19-17(16(23-11-15(27)29-3)18(30-4)20(19)33-22)25-14(26)10-24-21(28)31-12-13-8-6-5-7-9-13/h5-9,18-20,23H,10-12H2,1-4H3,(H,24,28)(H,25,26)/t18-,19-,20+/m1/s1. The molecule has 1 fully saturated rings. The van der Waals surface area contributed by atoms with Crippen LogP contribution in [0.3, 0.4) is 0 Å². The lowest BCUT2D eigenvalue weighted by Gasteiger charge is -2.24. The van der Waals surface area contributed by atoms with Crippen LogP contribution in [0.25, 0.3) is 0 Å². The summed E-state index contributed by atoms with van der Waals surface area (Å²) in [7, 11) is 2.76. The molecule has 1 aliphatic heterocycles. The minimum absolute atomic E-state index is 0.0839. The van der Waals surface area contributed by atoms with Crippen molar-refractivity contribution in [1.29, 1.82) is 0 Å². The fraction of sp³-hybridized carbons (Fsp3) is 0.500. The van der Waals surface area contributed by atoms with E-state index in [9.17, 15) is 14.4 Å². The fourth-order valence-corrected chi connectivity index (χ4v) is 3.65. The lowest BCUT2D eigenvalue weighted by atomic mass is 10.2. The van der Waals surface area contributed by atoms with E-state index in [-0.39, 0.29) is 19.7 Å². The van der Waals surface area contributed by atoms with E-state index in [1.54, 1.807) is 13.8 Å². The topological polar surface area (TPSA) is 133 Å². The van der Waals surface area contributed by atoms with Gasteiger partial charge in [0.15, 0.2) is 5.79 Å². The number of benzene rings is 1. The second-order valence-corrected chi connectivity index (χ2v) is 7.90. The molecule has 1 aromatic rings. The molecule has 1 heterocycles. The second kappa shape index (κ2) is 10.6. The second-order valence-electron chi connectivity index (χ2n) is 7.90. The number of carbonyl (C=O) groups is 3. The first-order valence-electron chi connectivity index (χ1n) is 10.4. The molecule has 0 unspecified atom stereocenters. The molecule has 0 bridgehead atoms. The van der Waals surface area contributed by atoms with Gasteiger partial charge < -0.3 is 39.6 Å². The first kappa shape index (κ1) is 24.5. The van der Waals surface area contributed by atoms with Crippen LogP contribution >= 0.6 is 0 Å². The maximum Gasteiger partial charge on any atom is 0.407 e. The van der Waals surface area contributed by atoms with Crippen molar-refractivity contribution >= 4 is 18.0 Å². The van der Waals surface area contributed by atoms with Crippen molar-refractivity contribution in [2.24, 2.45) is 0 Å². The van der Waals surface area contributed by atoms with E-state index in [2.05, 4.69) is 20.7 Å². The first-order valence-corrected chi connectivity index (χ1v) is 10.4. The zero-order chi connectivity index (χ0) is 24.0. The summed E-state index contributed by atoms with van der Waals surface area (Å²) >= 11 is 0. The Bertz CT molecular complexity index is 902. The van der Waals surface area contributed by atoms with Crippen LogP contribution in [-0.4, -0.2) is 69.4 Å². The molecule has 2 amide bonds. The molecule has 3 atom stereocenters. The van der Waals surface area contributed by atoms with Gasteiger partial charge in [-0.2, -0.15) is 0 Å². The van der Waals surface area contributed by atoms with Gasteiger partial charge in [0, 0.05) is 7.11 Å². The molecule has 0 spiro atoms. The van der Waals surface area contributed by atoms with Gasteiger partial charge in [0.2, 0.25) is 5.91 Å². The smallest absolute Gasteiger partial charge is 0.407 e. The van der Waals surface area contributed by atoms with Crippen LogP contribution in [-0.2, 0) is 39.9 Å². The number of esters is 1. The van der Waals surface area contributed by atoms with E-state index in [0.29, 0.717) is 11.4 Å². The van der Waals surface area contributed by atoms with Crippen LogP contribution in [0.2, 0.25) is 0 Å². The van der Waals surface area contributed by atoms with E-state index in [0.717, 1.165) is 5.56 Å². The van der Waals surface area contributed by atoms with Crippen molar-refractivity contribution < 1.29 is 38.1 Å². The number of ether oxygens (including phenoxy) is 5. The Morgan fingerprint density at radius 3 is 2.42 bits per heavy atom. The maximum atomic E-state index is 12.6. The average molecular weight is 463 g/mol. The predicted octanol–water partition coefficient (Wildman–Crippen LogP) is 0.552. The summed E-state index contributed by atoms with van der Waals surface area (Å²) in [6.07, 6.45) is -2.52. The van der Waals surface area contributed by atoms with Gasteiger partial charge in [-0.25, -0.2) is 4.79 Å². The minimum Gasteiger partial charge on any atom is -0.468 e. The van der Waals surface area contributed by atoms with Gasteiger partial charge in [0.1, 0.15) is 38.0 Å². The summed E-state index contributed by atoms with van der Waals surface area (Å²) in [5, 5.41) is 8.09. The molecule has 0 aromatic heterocycles. The van der Waals surface area contributed by atoms with Gasteiger partial charge in [-0.1, -0.05) is 30.3 Å². The summed E-state index contributed by atoms with van der Waals surface area (Å²) in [6, 6.07) is 9.18. The Kier molecular flexibility index (Phi) is 7.90. The Balaban J connectivity index is 1.63. The summed E-state index contributed by atoms with van der Waals surface area (Å²) < 4.78 is 27.2. The van der Waals surface area contributed by atoms with Gasteiger partial charge in [0.25, 0.3) is 0 Å². The van der Waals surface area contributed by atoms with E-state index in [1.807, 2.05) is 30.3 Å². The molecule has 3 N–H and O–H groups in total. The number of hydrogen-bond acceptors (Lipinski definition) is 9. The van der Waals surface area contributed by atoms with Gasteiger partial charge >= 0.3 is 12.1 Å². The number of nitrogens with one attached hydrogen (secondary N) is 3. The van der Waals surface area contributed by atoms with E-state index in [1.165, 1.54) is 14.2 Å². The first-order chi connectivity index (χ1) is 15.7. The van der Waals surface area contributed by atoms with Gasteiger partial charge in [0.05, 0.1) is 18.5 Å². The van der Waals surface area contributed by atoms with Gasteiger partial charge in [-0.3, -0.25) is 9.59 Å². The highest BCUT2D eigenvalue weighted by Crippen LogP contribution is 2.41. The molecule has 180 valence electrons. The minimum atomic E-state index is -0.893. The van der Waals surface area contributed by atoms with Gasteiger partial charge in [-0.15, -0.1) is 0 Å². The molecule has 1 saturated heterocycles. The fourth-order valence-electron chi connectivity index (χ4n) is 3.65. The third-order valence-corrected chi connectivity index (χ3v) is 5.07. The third-order valence-electron chi connectivity index (χ3n) is 5.07. The maximum absolute atomic E-state index is 12.6. The third kappa shape index (κ3) is 6.21. The SMILES string of the molecule is COC(=O)CNC1=C(NC(=O)CNC(=O)OCc2ccccc2)[C@H]2OC(C)(C)O[C@H]2[C@@H]1OC. The average Bonchev–Trinajstić information content (AvgIpc) is 3.25. The Labute approximate surface area is 191 Å². The molecule has 11 heteroatoms. The van der Waals surface area contributed by atoms with Crippen molar-refractivity contribution in [1.82, 2.24) is 16.0 Å². The van der Waals surface area contributed by atoms with Crippen LogP contribution in [0.1, 0.15) is 19.4 Å². The number of carbonyl (C=O) groups excluding carboxylic acids is 3. The summed E-state index contributed by atoms with van der Waals surface area (Å²) in [5.41, 5.74) is 1.63. The van der Waals surface area contributed by atoms with Crippen molar-refractivity contribution in [3.05, 3.63) is 47.3 Å². The summed E-state index contributed by atoms with van der Waals surface area (Å²) in [6.45, 7) is 3.12. The normalized spacial score (nSPS) is 23.0. The van der Waals surface area contributed by atoms with Gasteiger partial charge in [-0.05, 0) is 19.4 Å². The zero-order valence-electron chi connectivity index (χ0n) is 19.0. The Morgan fingerprint density at radius 1 is 1.03 bits per heavy atom. The largest absolute Gasteiger partial charge is 0.468 e. The lowest BCUT2D eigenvalue weighted by molar-refractivity contribution is -0.156. The molecular formula is C22H29N3O8. The highest BCUT2D eigenvalue weighted by Gasteiger charge is 2.54. The number of fused-ring (bicyclic) bond motifs is 1. The van der Waals surface area contributed by atoms with E-state index in [4.69, 9.17) is 18.9 Å². The molecule has 3 rings (SSSR count). The zero-order valence-corrected chi connectivity index (χ0v) is 19.0.